The van der Waals surface area contributed by atoms with E-state index in [4.69, 9.17) is 10.9 Å². The Morgan fingerprint density at radius 1 is 1.45 bits per heavy atom. The van der Waals surface area contributed by atoms with E-state index in [0.717, 1.165) is 25.6 Å². The summed E-state index contributed by atoms with van der Waals surface area (Å²) in [6, 6.07) is 3.88. The highest BCUT2D eigenvalue weighted by molar-refractivity contribution is 5.99. The molecule has 0 amide bonds. The standard InChI is InChI=1S/C13H16F3N3O/c1-8-4-5-19(7-8)9-2-3-10(12(17)18-20)11(6-9)13(14,15)16/h2-3,6,8,20H,4-5,7H2,1H3,(H2,17,18). The van der Waals surface area contributed by atoms with E-state index in [2.05, 4.69) is 12.1 Å². The van der Waals surface area contributed by atoms with E-state index in [-0.39, 0.29) is 5.56 Å². The molecule has 7 heteroatoms. The molecule has 0 aliphatic carbocycles. The summed E-state index contributed by atoms with van der Waals surface area (Å²) < 4.78 is 39.2. The summed E-state index contributed by atoms with van der Waals surface area (Å²) in [4.78, 5) is 1.91. The summed E-state index contributed by atoms with van der Waals surface area (Å²) in [5.41, 5.74) is 4.62. The predicted octanol–water partition coefficient (Wildman–Crippen LogP) is 2.65. The van der Waals surface area contributed by atoms with E-state index in [0.29, 0.717) is 11.6 Å². The molecule has 0 saturated carbocycles. The summed E-state index contributed by atoms with van der Waals surface area (Å²) >= 11 is 0. The number of halogens is 3. The monoisotopic (exact) mass is 287 g/mol. The smallest absolute Gasteiger partial charge is 0.409 e. The Kier molecular flexibility index (Phi) is 3.78. The molecule has 0 aromatic heterocycles. The summed E-state index contributed by atoms with van der Waals surface area (Å²) in [5, 5.41) is 11.2. The highest BCUT2D eigenvalue weighted by atomic mass is 19.4. The van der Waals surface area contributed by atoms with Crippen molar-refractivity contribution in [3.8, 4) is 0 Å². The quantitative estimate of drug-likeness (QED) is 0.380. The summed E-state index contributed by atoms with van der Waals surface area (Å²) in [6.07, 6.45) is -3.59. The first kappa shape index (κ1) is 14.5. The third kappa shape index (κ3) is 2.81. The maximum Gasteiger partial charge on any atom is 0.417 e. The van der Waals surface area contributed by atoms with Crippen LogP contribution in [0.2, 0.25) is 0 Å². The topological polar surface area (TPSA) is 61.8 Å². The van der Waals surface area contributed by atoms with Gasteiger partial charge in [-0.05, 0) is 30.5 Å². The van der Waals surface area contributed by atoms with Gasteiger partial charge >= 0.3 is 6.18 Å². The van der Waals surface area contributed by atoms with Gasteiger partial charge in [0, 0.05) is 24.3 Å². The maximum absolute atomic E-state index is 13.1. The predicted molar refractivity (Wildman–Crippen MR) is 69.9 cm³/mol. The number of hydrogen-bond donors (Lipinski definition) is 2. The Hall–Kier alpha value is -1.92. The van der Waals surface area contributed by atoms with Crippen molar-refractivity contribution in [3.63, 3.8) is 0 Å². The number of rotatable bonds is 2. The van der Waals surface area contributed by atoms with Crippen LogP contribution in [0.1, 0.15) is 24.5 Å². The van der Waals surface area contributed by atoms with E-state index < -0.39 is 17.6 Å². The first-order valence-electron chi connectivity index (χ1n) is 6.27. The number of benzene rings is 1. The van der Waals surface area contributed by atoms with Crippen molar-refractivity contribution >= 4 is 11.5 Å². The van der Waals surface area contributed by atoms with Gasteiger partial charge in [-0.1, -0.05) is 12.1 Å². The van der Waals surface area contributed by atoms with Gasteiger partial charge in [0.25, 0.3) is 0 Å². The van der Waals surface area contributed by atoms with Crippen molar-refractivity contribution in [3.05, 3.63) is 29.3 Å². The molecule has 1 unspecified atom stereocenters. The fourth-order valence-corrected chi connectivity index (χ4v) is 2.41. The molecule has 1 aliphatic heterocycles. The van der Waals surface area contributed by atoms with Crippen LogP contribution >= 0.6 is 0 Å². The molecule has 0 spiro atoms. The number of nitrogens with two attached hydrogens (primary N) is 1. The number of alkyl halides is 3. The lowest BCUT2D eigenvalue weighted by Gasteiger charge is -2.21. The second-order valence-electron chi connectivity index (χ2n) is 5.05. The molecule has 1 fully saturated rings. The molecule has 1 aliphatic rings. The van der Waals surface area contributed by atoms with E-state index in [1.54, 1.807) is 6.07 Å². The molecule has 1 heterocycles. The Morgan fingerprint density at radius 3 is 2.65 bits per heavy atom. The summed E-state index contributed by atoms with van der Waals surface area (Å²) in [7, 11) is 0. The van der Waals surface area contributed by atoms with E-state index in [1.807, 2.05) is 4.90 Å². The molecular formula is C13H16F3N3O. The molecule has 0 radical (unpaired) electrons. The number of anilines is 1. The molecular weight excluding hydrogens is 271 g/mol. The van der Waals surface area contributed by atoms with Crippen LogP contribution in [0.3, 0.4) is 0 Å². The Labute approximate surface area is 114 Å². The molecule has 110 valence electrons. The van der Waals surface area contributed by atoms with Crippen molar-refractivity contribution in [1.29, 1.82) is 0 Å². The molecule has 2 rings (SSSR count). The minimum Gasteiger partial charge on any atom is -0.409 e. The zero-order chi connectivity index (χ0) is 14.9. The number of nitrogens with zero attached hydrogens (tertiary/aromatic N) is 2. The van der Waals surface area contributed by atoms with E-state index in [1.165, 1.54) is 6.07 Å². The highest BCUT2D eigenvalue weighted by Gasteiger charge is 2.35. The molecule has 0 bridgehead atoms. The maximum atomic E-state index is 13.1. The lowest BCUT2D eigenvalue weighted by Crippen LogP contribution is -2.23. The molecule has 1 aromatic carbocycles. The largest absolute Gasteiger partial charge is 0.417 e. The van der Waals surface area contributed by atoms with Crippen molar-refractivity contribution in [2.45, 2.75) is 19.5 Å². The Bertz CT molecular complexity index is 528. The second kappa shape index (κ2) is 5.22. The number of amidine groups is 1. The van der Waals surface area contributed by atoms with Crippen LogP contribution in [0.15, 0.2) is 23.4 Å². The van der Waals surface area contributed by atoms with E-state index in [9.17, 15) is 13.2 Å². The van der Waals surface area contributed by atoms with Crippen molar-refractivity contribution in [1.82, 2.24) is 0 Å². The third-order valence-electron chi connectivity index (χ3n) is 3.48. The third-order valence-corrected chi connectivity index (χ3v) is 3.48. The van der Waals surface area contributed by atoms with Gasteiger partial charge in [-0.15, -0.1) is 0 Å². The lowest BCUT2D eigenvalue weighted by molar-refractivity contribution is -0.137. The second-order valence-corrected chi connectivity index (χ2v) is 5.05. The van der Waals surface area contributed by atoms with Gasteiger partial charge in [-0.25, -0.2) is 0 Å². The molecule has 4 nitrogen and oxygen atoms in total. The normalized spacial score (nSPS) is 20.5. The van der Waals surface area contributed by atoms with Gasteiger partial charge in [-0.2, -0.15) is 13.2 Å². The van der Waals surface area contributed by atoms with Crippen molar-refractivity contribution in [2.75, 3.05) is 18.0 Å². The van der Waals surface area contributed by atoms with Gasteiger partial charge in [0.1, 0.15) is 0 Å². The fraction of sp³-hybridized carbons (Fsp3) is 0.462. The zero-order valence-corrected chi connectivity index (χ0v) is 11.0. The average Bonchev–Trinajstić information content (AvgIpc) is 2.83. The Balaban J connectivity index is 2.44. The van der Waals surface area contributed by atoms with Gasteiger partial charge in [0.05, 0.1) is 5.56 Å². The van der Waals surface area contributed by atoms with Crippen LogP contribution in [0.25, 0.3) is 0 Å². The SMILES string of the molecule is CC1CCN(c2ccc(C(N)=NO)c(C(F)(F)F)c2)C1. The van der Waals surface area contributed by atoms with Gasteiger partial charge in [0.15, 0.2) is 5.84 Å². The van der Waals surface area contributed by atoms with Gasteiger partial charge in [-0.3, -0.25) is 0 Å². The van der Waals surface area contributed by atoms with Crippen molar-refractivity contribution < 1.29 is 18.4 Å². The summed E-state index contributed by atoms with van der Waals surface area (Å²) in [6.45, 7) is 3.54. The minimum atomic E-state index is -4.55. The molecule has 1 atom stereocenters. The summed E-state index contributed by atoms with van der Waals surface area (Å²) in [5.74, 6) is -0.0771. The number of oxime groups is 1. The molecule has 20 heavy (non-hydrogen) atoms. The molecule has 1 saturated heterocycles. The van der Waals surface area contributed by atoms with Gasteiger partial charge < -0.3 is 15.8 Å². The molecule has 1 aromatic rings. The van der Waals surface area contributed by atoms with Crippen LogP contribution in [0.4, 0.5) is 18.9 Å². The average molecular weight is 287 g/mol. The minimum absolute atomic E-state index is 0.309. The lowest BCUT2D eigenvalue weighted by atomic mass is 10.0. The van der Waals surface area contributed by atoms with Crippen molar-refractivity contribution in [2.24, 2.45) is 16.8 Å². The first-order valence-corrected chi connectivity index (χ1v) is 6.27. The van der Waals surface area contributed by atoms with Crippen LogP contribution < -0.4 is 10.6 Å². The van der Waals surface area contributed by atoms with Crippen LogP contribution in [-0.4, -0.2) is 24.1 Å². The van der Waals surface area contributed by atoms with Crippen LogP contribution in [-0.2, 0) is 6.18 Å². The van der Waals surface area contributed by atoms with Crippen LogP contribution in [0, 0.1) is 5.92 Å². The molecule has 3 N–H and O–H groups in total. The Morgan fingerprint density at radius 2 is 2.15 bits per heavy atom. The van der Waals surface area contributed by atoms with Crippen LogP contribution in [0.5, 0.6) is 0 Å². The zero-order valence-electron chi connectivity index (χ0n) is 11.0. The highest BCUT2D eigenvalue weighted by Crippen LogP contribution is 2.35. The number of hydrogen-bond acceptors (Lipinski definition) is 3. The van der Waals surface area contributed by atoms with E-state index >= 15 is 0 Å². The fourth-order valence-electron chi connectivity index (χ4n) is 2.41. The van der Waals surface area contributed by atoms with Gasteiger partial charge in [0.2, 0.25) is 0 Å². The first-order chi connectivity index (χ1) is 9.32.